The van der Waals surface area contributed by atoms with Gasteiger partial charge in [-0.3, -0.25) is 14.4 Å². The van der Waals surface area contributed by atoms with E-state index in [-0.39, 0.29) is 24.3 Å². The molecule has 0 spiro atoms. The summed E-state index contributed by atoms with van der Waals surface area (Å²) in [5.41, 5.74) is -0.613. The number of aliphatic hydroxyl groups is 1. The first-order valence-corrected chi connectivity index (χ1v) is 13.1. The van der Waals surface area contributed by atoms with Gasteiger partial charge in [-0.25, -0.2) is 4.79 Å². The monoisotopic (exact) mass is 512 g/mol. The second-order valence-electron chi connectivity index (χ2n) is 11.1. The van der Waals surface area contributed by atoms with Gasteiger partial charge >= 0.3 is 6.09 Å². The van der Waals surface area contributed by atoms with Gasteiger partial charge in [-0.2, -0.15) is 0 Å². The lowest BCUT2D eigenvalue weighted by Crippen LogP contribution is -2.59. The van der Waals surface area contributed by atoms with E-state index in [0.717, 1.165) is 32.1 Å². The Labute approximate surface area is 213 Å². The Kier molecular flexibility index (Phi) is 11.4. The lowest BCUT2D eigenvalue weighted by Gasteiger charge is -2.32. The fourth-order valence-corrected chi connectivity index (χ4v) is 5.10. The number of aliphatic hydroxyl groups excluding tert-OH is 1. The van der Waals surface area contributed by atoms with Gasteiger partial charge in [0, 0.05) is 12.5 Å². The van der Waals surface area contributed by atoms with Gasteiger partial charge in [0.2, 0.25) is 17.7 Å². The molecule has 6 N–H and O–H groups in total. The van der Waals surface area contributed by atoms with Crippen molar-refractivity contribution in [2.45, 2.75) is 109 Å². The molecule has 36 heavy (non-hydrogen) atoms. The quantitative estimate of drug-likeness (QED) is 0.229. The molecule has 0 aromatic rings. The number of carboxylic acid groups (broad SMARTS) is 1. The van der Waals surface area contributed by atoms with Crippen molar-refractivity contribution in [2.75, 3.05) is 13.2 Å². The summed E-state index contributed by atoms with van der Waals surface area (Å²) in [7, 11) is 0. The molecular formula is C25H44N4O7. The normalized spacial score (nSPS) is 22.1. The zero-order chi connectivity index (χ0) is 26.9. The Balaban J connectivity index is 2.15. The molecule has 0 radical (unpaired) electrons. The van der Waals surface area contributed by atoms with Crippen LogP contribution in [0.25, 0.3) is 0 Å². The minimum absolute atomic E-state index is 0.0924. The summed E-state index contributed by atoms with van der Waals surface area (Å²) in [6.07, 6.45) is 4.35. The van der Waals surface area contributed by atoms with E-state index in [1.807, 2.05) is 0 Å². The van der Waals surface area contributed by atoms with Crippen molar-refractivity contribution in [2.24, 2.45) is 11.8 Å². The topological polar surface area (TPSA) is 166 Å². The molecule has 1 aliphatic heterocycles. The molecule has 5 atom stereocenters. The van der Waals surface area contributed by atoms with Crippen LogP contribution in [-0.2, 0) is 19.1 Å². The second kappa shape index (κ2) is 13.8. The first kappa shape index (κ1) is 29.8. The fourth-order valence-electron chi connectivity index (χ4n) is 5.10. The van der Waals surface area contributed by atoms with Gasteiger partial charge in [-0.1, -0.05) is 32.1 Å². The molecule has 4 amide bonds. The fraction of sp³-hybridized carbons (Fsp3) is 0.840. The maximum Gasteiger partial charge on any atom is 0.405 e. The maximum absolute atomic E-state index is 13.3. The third kappa shape index (κ3) is 9.93. The van der Waals surface area contributed by atoms with Gasteiger partial charge in [0.1, 0.15) is 12.1 Å². The average molecular weight is 513 g/mol. The maximum atomic E-state index is 13.3. The van der Waals surface area contributed by atoms with Gasteiger partial charge in [-0.15, -0.1) is 0 Å². The molecule has 11 heteroatoms. The molecule has 2 rings (SSSR count). The molecular weight excluding hydrogens is 468 g/mol. The summed E-state index contributed by atoms with van der Waals surface area (Å²) in [4.78, 5) is 49.9. The van der Waals surface area contributed by atoms with Gasteiger partial charge < -0.3 is 36.2 Å². The highest BCUT2D eigenvalue weighted by molar-refractivity contribution is 5.91. The summed E-state index contributed by atoms with van der Waals surface area (Å²) in [6.45, 7) is 7.26. The Hall–Kier alpha value is -2.40. The second-order valence-corrected chi connectivity index (χ2v) is 11.1. The molecule has 0 aromatic heterocycles. The molecule has 11 nitrogen and oxygen atoms in total. The molecule has 0 aromatic carbocycles. The van der Waals surface area contributed by atoms with Gasteiger partial charge in [0.15, 0.2) is 0 Å². The minimum Gasteiger partial charge on any atom is -0.465 e. The average Bonchev–Trinajstić information content (AvgIpc) is 3.19. The summed E-state index contributed by atoms with van der Waals surface area (Å²) in [6, 6.07) is -2.76. The lowest BCUT2D eigenvalue weighted by atomic mass is 9.84. The van der Waals surface area contributed by atoms with Crippen LogP contribution in [-0.4, -0.2) is 77.0 Å². The van der Waals surface area contributed by atoms with Crippen LogP contribution in [0.2, 0.25) is 0 Å². The number of ether oxygens (including phenoxy) is 1. The molecule has 1 aliphatic carbocycles. The van der Waals surface area contributed by atoms with Crippen LogP contribution in [0.5, 0.6) is 0 Å². The highest BCUT2D eigenvalue weighted by Crippen LogP contribution is 2.28. The third-order valence-corrected chi connectivity index (χ3v) is 6.80. The van der Waals surface area contributed by atoms with Crippen LogP contribution in [0, 0.1) is 11.8 Å². The summed E-state index contributed by atoms with van der Waals surface area (Å²) in [5, 5.41) is 29.7. The van der Waals surface area contributed by atoms with E-state index in [1.165, 1.54) is 0 Å². The smallest absolute Gasteiger partial charge is 0.405 e. The van der Waals surface area contributed by atoms with E-state index < -0.39 is 47.7 Å². The van der Waals surface area contributed by atoms with E-state index >= 15 is 0 Å². The van der Waals surface area contributed by atoms with Crippen molar-refractivity contribution < 1.29 is 34.1 Å². The highest BCUT2D eigenvalue weighted by atomic mass is 16.5. The zero-order valence-electron chi connectivity index (χ0n) is 22.0. The third-order valence-electron chi connectivity index (χ3n) is 6.80. The van der Waals surface area contributed by atoms with E-state index in [0.29, 0.717) is 25.8 Å². The number of rotatable bonds is 12. The molecule has 2 aliphatic rings. The first-order valence-electron chi connectivity index (χ1n) is 13.1. The molecule has 1 saturated heterocycles. The number of carbonyl (C=O) groups excluding carboxylic acids is 3. The zero-order valence-corrected chi connectivity index (χ0v) is 22.0. The van der Waals surface area contributed by atoms with E-state index in [9.17, 15) is 29.4 Å². The first-order chi connectivity index (χ1) is 16.9. The molecule has 1 saturated carbocycles. The van der Waals surface area contributed by atoms with Crippen molar-refractivity contribution in [3.05, 3.63) is 0 Å². The number of nitrogens with one attached hydrogen (secondary N) is 4. The SMILES string of the molecule is CC(OC(C)(C)C)C(NC(=O)O)C(=O)NC(CC1CCCCC1)C(=O)NC(CO)C[C@@H]1CCNC1=O. The van der Waals surface area contributed by atoms with Crippen molar-refractivity contribution in [1.82, 2.24) is 21.3 Å². The van der Waals surface area contributed by atoms with Crippen molar-refractivity contribution in [1.29, 1.82) is 0 Å². The van der Waals surface area contributed by atoms with Crippen LogP contribution in [0.15, 0.2) is 0 Å². The Bertz CT molecular complexity index is 764. The summed E-state index contributed by atoms with van der Waals surface area (Å²) >= 11 is 0. The van der Waals surface area contributed by atoms with Crippen LogP contribution < -0.4 is 21.3 Å². The summed E-state index contributed by atoms with van der Waals surface area (Å²) in [5.74, 6) is -1.23. The predicted octanol–water partition coefficient (Wildman–Crippen LogP) is 1.28. The van der Waals surface area contributed by atoms with Crippen molar-refractivity contribution >= 4 is 23.8 Å². The lowest BCUT2D eigenvalue weighted by molar-refractivity contribution is -0.135. The summed E-state index contributed by atoms with van der Waals surface area (Å²) < 4.78 is 5.82. The molecule has 2 fully saturated rings. The number of hydrogen-bond donors (Lipinski definition) is 6. The molecule has 4 unspecified atom stereocenters. The standard InChI is InChI=1S/C25H44N4O7/c1-15(36-25(2,3)4)20(29-24(34)35)23(33)28-19(12-16-8-6-5-7-9-16)22(32)27-18(14-30)13-17-10-11-26-21(17)31/h15-20,29-30H,5-14H2,1-4H3,(H,26,31)(H,27,32)(H,28,33)(H,34,35)/t15?,17-,18?,19?,20?/m0/s1. The number of carbonyl (C=O) groups is 4. The highest BCUT2D eigenvalue weighted by Gasteiger charge is 2.35. The number of hydrogen-bond acceptors (Lipinski definition) is 6. The van der Waals surface area contributed by atoms with E-state index in [4.69, 9.17) is 4.74 Å². The van der Waals surface area contributed by atoms with Crippen LogP contribution in [0.1, 0.15) is 79.1 Å². The van der Waals surface area contributed by atoms with Crippen LogP contribution >= 0.6 is 0 Å². The molecule has 0 bridgehead atoms. The largest absolute Gasteiger partial charge is 0.465 e. The number of amides is 4. The van der Waals surface area contributed by atoms with Crippen molar-refractivity contribution in [3.8, 4) is 0 Å². The predicted molar refractivity (Wildman–Crippen MR) is 133 cm³/mol. The Morgan fingerprint density at radius 1 is 1.03 bits per heavy atom. The Morgan fingerprint density at radius 3 is 2.22 bits per heavy atom. The van der Waals surface area contributed by atoms with E-state index in [2.05, 4.69) is 21.3 Å². The molecule has 206 valence electrons. The van der Waals surface area contributed by atoms with Crippen LogP contribution in [0.4, 0.5) is 4.79 Å². The van der Waals surface area contributed by atoms with Gasteiger partial charge in [-0.05, 0) is 52.9 Å². The Morgan fingerprint density at radius 2 is 1.69 bits per heavy atom. The van der Waals surface area contributed by atoms with Crippen LogP contribution in [0.3, 0.4) is 0 Å². The van der Waals surface area contributed by atoms with Gasteiger partial charge in [0.05, 0.1) is 24.4 Å². The van der Waals surface area contributed by atoms with Gasteiger partial charge in [0.25, 0.3) is 0 Å². The van der Waals surface area contributed by atoms with E-state index in [1.54, 1.807) is 27.7 Å². The van der Waals surface area contributed by atoms with Crippen molar-refractivity contribution in [3.63, 3.8) is 0 Å². The molecule has 1 heterocycles. The minimum atomic E-state index is -1.37.